The summed E-state index contributed by atoms with van der Waals surface area (Å²) in [6.45, 7) is 7.38. The van der Waals surface area contributed by atoms with Crippen molar-refractivity contribution in [1.82, 2.24) is 5.32 Å². The maximum Gasteiger partial charge on any atom is 0.511 e. The van der Waals surface area contributed by atoms with E-state index in [0.717, 1.165) is 7.11 Å². The van der Waals surface area contributed by atoms with Crippen LogP contribution in [0.2, 0.25) is 10.0 Å². The lowest BCUT2D eigenvalue weighted by atomic mass is 9.62. The minimum Gasteiger partial charge on any atom is -0.495 e. The Morgan fingerprint density at radius 3 is 2.45 bits per heavy atom. The molecule has 3 aromatic rings. The second-order valence-electron chi connectivity index (χ2n) is 13.0. The number of rotatable bonds is 8. The van der Waals surface area contributed by atoms with Crippen molar-refractivity contribution in [2.75, 3.05) is 24.9 Å². The van der Waals surface area contributed by atoms with E-state index in [1.54, 1.807) is 24.3 Å². The number of hydrogen-bond donors (Lipinski definition) is 3. The number of fused-ring (bicyclic) bond motifs is 2. The molecule has 5 atom stereocenters. The highest BCUT2D eigenvalue weighted by atomic mass is 35.5. The summed E-state index contributed by atoms with van der Waals surface area (Å²) >= 11 is 12.6. The smallest absolute Gasteiger partial charge is 0.495 e. The van der Waals surface area contributed by atoms with Crippen LogP contribution in [0.5, 0.6) is 5.75 Å². The summed E-state index contributed by atoms with van der Waals surface area (Å²) in [5, 5.41) is 9.44. The normalized spacial score (nSPS) is 21.8. The molecule has 1 saturated heterocycles. The summed E-state index contributed by atoms with van der Waals surface area (Å²) in [4.78, 5) is 52.8. The summed E-state index contributed by atoms with van der Waals surface area (Å²) < 4.78 is 35.9. The van der Waals surface area contributed by atoms with Crippen LogP contribution in [0.15, 0.2) is 54.6 Å². The van der Waals surface area contributed by atoms with Gasteiger partial charge in [0.1, 0.15) is 17.0 Å². The molecular formula is C35H36Cl2FN3O8. The number of carbonyl (C=O) groups excluding carboxylic acids is 4. The average molecular weight is 717 g/mol. The molecule has 49 heavy (non-hydrogen) atoms. The van der Waals surface area contributed by atoms with Gasteiger partial charge in [0.2, 0.25) is 18.1 Å². The van der Waals surface area contributed by atoms with E-state index in [1.807, 2.05) is 20.8 Å². The van der Waals surface area contributed by atoms with E-state index in [9.17, 15) is 19.2 Å². The molecule has 0 radical (unpaired) electrons. The van der Waals surface area contributed by atoms with Crippen molar-refractivity contribution in [3.8, 4) is 5.75 Å². The molecule has 3 N–H and O–H groups in total. The molecule has 0 aliphatic carbocycles. The minimum atomic E-state index is -1.44. The van der Waals surface area contributed by atoms with E-state index in [-0.39, 0.29) is 33.0 Å². The highest BCUT2D eigenvalue weighted by Gasteiger charge is 2.66. The first-order valence-electron chi connectivity index (χ1n) is 15.4. The Morgan fingerprint density at radius 1 is 1.04 bits per heavy atom. The van der Waals surface area contributed by atoms with Crippen molar-refractivity contribution in [2.45, 2.75) is 63.8 Å². The number of benzene rings is 3. The number of ether oxygens (including phenoxy) is 4. The first-order chi connectivity index (χ1) is 23.1. The van der Waals surface area contributed by atoms with Crippen LogP contribution in [-0.4, -0.2) is 56.5 Å². The van der Waals surface area contributed by atoms with Crippen molar-refractivity contribution >= 4 is 58.5 Å². The average Bonchev–Trinajstić information content (AvgIpc) is 3.51. The number of carbonyl (C=O) groups is 4. The molecule has 0 aromatic heterocycles. The molecule has 260 valence electrons. The van der Waals surface area contributed by atoms with Crippen molar-refractivity contribution in [2.24, 2.45) is 5.41 Å². The zero-order chi connectivity index (χ0) is 35.8. The molecule has 3 aromatic carbocycles. The third-order valence-corrected chi connectivity index (χ3v) is 9.14. The van der Waals surface area contributed by atoms with Crippen LogP contribution >= 0.6 is 23.2 Å². The maximum atomic E-state index is 16.1. The Balaban J connectivity index is 1.56. The van der Waals surface area contributed by atoms with E-state index >= 15 is 4.39 Å². The van der Waals surface area contributed by atoms with Crippen molar-refractivity contribution in [1.29, 1.82) is 0 Å². The van der Waals surface area contributed by atoms with Gasteiger partial charge in [-0.2, -0.15) is 0 Å². The molecule has 0 saturated carbocycles. The standard InChI is InChI=1S/C35H36Cl2FN3O8/c1-17(49-33(45)47-6)48-31(43)18-10-13-23(25(14-18)46-5)39-30(42)29-27(20-8-7-9-22(37)28(20)38)35(26(41-29)16-34(2,3)4)21-12-11-19(36)15-24(21)40-32(35)44/h7-15,17,26-27,29,41H,16H2,1-6H3,(H,39,42)(H,40,44)/t17?,26-,27-,29+,35?/m0/s1. The second kappa shape index (κ2) is 13.9. The van der Waals surface area contributed by atoms with E-state index in [1.165, 1.54) is 44.4 Å². The SMILES string of the molecule is COC(=O)OC(C)OC(=O)c1ccc(NC(=O)[C@@H]2N[C@@H](CC(C)(C)C)C3(C(=O)Nc4cc(Cl)ccc43)[C@H]2c2cccc(Cl)c2F)c(OC)c1. The number of esters is 1. The van der Waals surface area contributed by atoms with Gasteiger partial charge in [-0.25, -0.2) is 14.0 Å². The number of amides is 2. The van der Waals surface area contributed by atoms with Crippen LogP contribution in [0.1, 0.15) is 61.5 Å². The fourth-order valence-electron chi connectivity index (χ4n) is 6.71. The zero-order valence-corrected chi connectivity index (χ0v) is 29.1. The number of halogens is 3. The number of hydrogen-bond acceptors (Lipinski definition) is 9. The zero-order valence-electron chi connectivity index (χ0n) is 27.6. The van der Waals surface area contributed by atoms with Crippen LogP contribution in [0.4, 0.5) is 20.6 Å². The number of methoxy groups -OCH3 is 2. The molecular weight excluding hydrogens is 680 g/mol. The van der Waals surface area contributed by atoms with Gasteiger partial charge in [-0.15, -0.1) is 0 Å². The van der Waals surface area contributed by atoms with E-state index in [2.05, 4.69) is 20.7 Å². The van der Waals surface area contributed by atoms with Gasteiger partial charge in [-0.1, -0.05) is 62.2 Å². The van der Waals surface area contributed by atoms with Crippen LogP contribution in [0.3, 0.4) is 0 Å². The van der Waals surface area contributed by atoms with Gasteiger partial charge in [0, 0.05) is 29.6 Å². The molecule has 2 heterocycles. The monoisotopic (exact) mass is 715 g/mol. The third-order valence-electron chi connectivity index (χ3n) is 8.62. The quantitative estimate of drug-likeness (QED) is 0.169. The van der Waals surface area contributed by atoms with Gasteiger partial charge in [0.05, 0.1) is 36.5 Å². The molecule has 2 aliphatic rings. The van der Waals surface area contributed by atoms with E-state index < -0.39 is 59.5 Å². The van der Waals surface area contributed by atoms with Gasteiger partial charge in [0.25, 0.3) is 0 Å². The molecule has 2 unspecified atom stereocenters. The first-order valence-corrected chi connectivity index (χ1v) is 16.1. The Morgan fingerprint density at radius 2 is 1.78 bits per heavy atom. The molecule has 1 spiro atoms. The van der Waals surface area contributed by atoms with Gasteiger partial charge in [0.15, 0.2) is 0 Å². The van der Waals surface area contributed by atoms with Gasteiger partial charge >= 0.3 is 12.1 Å². The predicted octanol–water partition coefficient (Wildman–Crippen LogP) is 6.82. The Bertz CT molecular complexity index is 1820. The van der Waals surface area contributed by atoms with E-state index in [0.29, 0.717) is 22.7 Å². The van der Waals surface area contributed by atoms with E-state index in [4.69, 9.17) is 37.4 Å². The number of nitrogens with one attached hydrogen (secondary N) is 3. The van der Waals surface area contributed by atoms with Crippen molar-refractivity contribution in [3.05, 3.63) is 87.2 Å². The Labute approximate surface area is 292 Å². The van der Waals surface area contributed by atoms with Crippen molar-refractivity contribution in [3.63, 3.8) is 0 Å². The van der Waals surface area contributed by atoms with Crippen LogP contribution in [-0.2, 0) is 29.2 Å². The summed E-state index contributed by atoms with van der Waals surface area (Å²) in [7, 11) is 2.46. The summed E-state index contributed by atoms with van der Waals surface area (Å²) in [6, 6.07) is 11.9. The minimum absolute atomic E-state index is 0.0371. The molecule has 0 bridgehead atoms. The van der Waals surface area contributed by atoms with Gasteiger partial charge in [-0.3, -0.25) is 9.59 Å². The largest absolute Gasteiger partial charge is 0.511 e. The summed E-state index contributed by atoms with van der Waals surface area (Å²) in [5.41, 5.74) is -0.405. The summed E-state index contributed by atoms with van der Waals surface area (Å²) in [5.74, 6) is -3.55. The third kappa shape index (κ3) is 6.90. The highest BCUT2D eigenvalue weighted by molar-refractivity contribution is 6.31. The highest BCUT2D eigenvalue weighted by Crippen LogP contribution is 2.57. The van der Waals surface area contributed by atoms with Gasteiger partial charge < -0.3 is 34.9 Å². The lowest BCUT2D eigenvalue weighted by Crippen LogP contribution is -2.49. The summed E-state index contributed by atoms with van der Waals surface area (Å²) in [6.07, 6.45) is -1.84. The lowest BCUT2D eigenvalue weighted by molar-refractivity contribution is -0.122. The molecule has 5 rings (SSSR count). The first kappa shape index (κ1) is 35.9. The molecule has 1 fully saturated rings. The fourth-order valence-corrected chi connectivity index (χ4v) is 7.06. The topological polar surface area (TPSA) is 141 Å². The lowest BCUT2D eigenvalue weighted by Gasteiger charge is -2.37. The molecule has 14 heteroatoms. The van der Waals surface area contributed by atoms with Crippen LogP contribution in [0, 0.1) is 11.2 Å². The second-order valence-corrected chi connectivity index (χ2v) is 13.9. The Hall–Kier alpha value is -4.39. The molecule has 2 aliphatic heterocycles. The predicted molar refractivity (Wildman–Crippen MR) is 181 cm³/mol. The maximum absolute atomic E-state index is 16.1. The number of anilines is 2. The Kier molecular flexibility index (Phi) is 10.1. The fraction of sp³-hybridized carbons (Fsp3) is 0.371. The van der Waals surface area contributed by atoms with Crippen LogP contribution in [0.25, 0.3) is 0 Å². The van der Waals surface area contributed by atoms with Gasteiger partial charge in [-0.05, 0) is 59.4 Å². The molecule has 2 amide bonds. The van der Waals surface area contributed by atoms with Crippen molar-refractivity contribution < 1.29 is 42.5 Å². The van der Waals surface area contributed by atoms with Crippen LogP contribution < -0.4 is 20.7 Å². The molecule has 11 nitrogen and oxygen atoms in total.